The van der Waals surface area contributed by atoms with Gasteiger partial charge in [0, 0.05) is 12.0 Å². The first-order chi connectivity index (χ1) is 7.83. The zero-order chi connectivity index (χ0) is 11.0. The van der Waals surface area contributed by atoms with E-state index in [-0.39, 0.29) is 6.01 Å². The number of nitrogens with two attached hydrogens (primary N) is 1. The molecule has 5 nitrogen and oxygen atoms in total. The summed E-state index contributed by atoms with van der Waals surface area (Å²) >= 11 is 0. The van der Waals surface area contributed by atoms with Gasteiger partial charge in [-0.2, -0.15) is 0 Å². The number of rotatable bonds is 3. The van der Waals surface area contributed by atoms with Crippen molar-refractivity contribution in [3.8, 4) is 0 Å². The number of benzene rings is 1. The second-order valence-electron chi connectivity index (χ2n) is 3.95. The number of hydrogen-bond donors (Lipinski definition) is 2. The Balaban J connectivity index is 1.65. The fourth-order valence-corrected chi connectivity index (χ4v) is 1.87. The van der Waals surface area contributed by atoms with Crippen LogP contribution in [0.3, 0.4) is 0 Å². The highest BCUT2D eigenvalue weighted by Crippen LogP contribution is 2.42. The lowest BCUT2D eigenvalue weighted by Crippen LogP contribution is -2.04. The van der Waals surface area contributed by atoms with Crippen molar-refractivity contribution in [3.05, 3.63) is 35.9 Å². The molecule has 1 fully saturated rings. The molecular weight excluding hydrogens is 204 g/mol. The van der Waals surface area contributed by atoms with Crippen LogP contribution in [0.1, 0.15) is 17.9 Å². The van der Waals surface area contributed by atoms with Crippen molar-refractivity contribution < 1.29 is 4.42 Å². The van der Waals surface area contributed by atoms with Crippen LogP contribution in [0.25, 0.3) is 0 Å². The lowest BCUT2D eigenvalue weighted by molar-refractivity contribution is 0.585. The van der Waals surface area contributed by atoms with Gasteiger partial charge in [-0.1, -0.05) is 40.5 Å². The highest BCUT2D eigenvalue weighted by molar-refractivity contribution is 5.35. The minimum atomic E-state index is 0.0967. The van der Waals surface area contributed by atoms with Crippen molar-refractivity contribution in [3.63, 3.8) is 0 Å². The van der Waals surface area contributed by atoms with E-state index >= 15 is 0 Å². The third-order valence-corrected chi connectivity index (χ3v) is 2.77. The molecule has 2 atom stereocenters. The van der Waals surface area contributed by atoms with E-state index in [2.05, 4.69) is 39.8 Å². The van der Waals surface area contributed by atoms with Crippen LogP contribution in [-0.2, 0) is 0 Å². The molecule has 1 aliphatic carbocycles. The molecule has 1 saturated carbocycles. The van der Waals surface area contributed by atoms with E-state index in [0.717, 1.165) is 6.42 Å². The molecule has 0 aliphatic heterocycles. The molecule has 0 radical (unpaired) electrons. The summed E-state index contributed by atoms with van der Waals surface area (Å²) in [6.07, 6.45) is 1.09. The molecule has 0 bridgehead atoms. The highest BCUT2D eigenvalue weighted by atomic mass is 16.4. The van der Waals surface area contributed by atoms with Gasteiger partial charge in [-0.05, 0) is 12.0 Å². The summed E-state index contributed by atoms with van der Waals surface area (Å²) in [4.78, 5) is 0. The van der Waals surface area contributed by atoms with E-state index in [0.29, 0.717) is 18.0 Å². The van der Waals surface area contributed by atoms with Gasteiger partial charge < -0.3 is 15.5 Å². The Bertz CT molecular complexity index is 482. The molecule has 3 N–H and O–H groups in total. The quantitative estimate of drug-likeness (QED) is 0.815. The zero-order valence-electron chi connectivity index (χ0n) is 8.63. The van der Waals surface area contributed by atoms with Crippen molar-refractivity contribution in [2.24, 2.45) is 0 Å². The molecule has 5 heteroatoms. The molecule has 1 aromatic carbocycles. The fraction of sp³-hybridized carbons (Fsp3) is 0.273. The molecule has 0 spiro atoms. The van der Waals surface area contributed by atoms with Gasteiger partial charge in [0.05, 0.1) is 0 Å². The van der Waals surface area contributed by atoms with Gasteiger partial charge in [0.15, 0.2) is 0 Å². The molecule has 1 aromatic heterocycles. The third kappa shape index (κ3) is 1.71. The van der Waals surface area contributed by atoms with Crippen LogP contribution in [0.2, 0.25) is 0 Å². The summed E-state index contributed by atoms with van der Waals surface area (Å²) in [6.45, 7) is 0. The van der Waals surface area contributed by atoms with E-state index in [4.69, 9.17) is 10.2 Å². The fourth-order valence-electron chi connectivity index (χ4n) is 1.87. The molecule has 16 heavy (non-hydrogen) atoms. The number of anilines is 2. The van der Waals surface area contributed by atoms with E-state index in [1.54, 1.807) is 0 Å². The largest absolute Gasteiger partial charge is 0.390 e. The van der Waals surface area contributed by atoms with Crippen LogP contribution in [0.4, 0.5) is 12.0 Å². The van der Waals surface area contributed by atoms with Gasteiger partial charge in [0.2, 0.25) is 0 Å². The zero-order valence-corrected chi connectivity index (χ0v) is 8.63. The second kappa shape index (κ2) is 3.52. The maximum absolute atomic E-state index is 5.34. The van der Waals surface area contributed by atoms with Crippen LogP contribution in [-0.4, -0.2) is 16.2 Å². The summed E-state index contributed by atoms with van der Waals surface area (Å²) in [7, 11) is 0. The van der Waals surface area contributed by atoms with Crippen molar-refractivity contribution in [1.82, 2.24) is 10.2 Å². The molecule has 82 valence electrons. The lowest BCUT2D eigenvalue weighted by atomic mass is 10.1. The van der Waals surface area contributed by atoms with Crippen LogP contribution < -0.4 is 11.1 Å². The first-order valence-electron chi connectivity index (χ1n) is 5.23. The van der Waals surface area contributed by atoms with Crippen LogP contribution >= 0.6 is 0 Å². The predicted molar refractivity (Wildman–Crippen MR) is 59.9 cm³/mol. The Morgan fingerprint density at radius 3 is 2.75 bits per heavy atom. The Hall–Kier alpha value is -2.04. The van der Waals surface area contributed by atoms with Crippen molar-refractivity contribution in [1.29, 1.82) is 0 Å². The van der Waals surface area contributed by atoms with Crippen LogP contribution in [0.5, 0.6) is 0 Å². The Morgan fingerprint density at radius 1 is 1.25 bits per heavy atom. The molecule has 0 amide bonds. The number of nitrogen functional groups attached to an aromatic ring is 1. The maximum atomic E-state index is 5.34. The average molecular weight is 216 g/mol. The SMILES string of the molecule is Nc1nnc(NC2CC2c2ccccc2)o1. The van der Waals surface area contributed by atoms with Gasteiger partial charge in [-0.15, -0.1) is 0 Å². The number of aromatic nitrogens is 2. The lowest BCUT2D eigenvalue weighted by Gasteiger charge is -2.00. The minimum Gasteiger partial charge on any atom is -0.390 e. The van der Waals surface area contributed by atoms with Crippen molar-refractivity contribution >= 4 is 12.0 Å². The summed E-state index contributed by atoms with van der Waals surface area (Å²) < 4.78 is 5.06. The Morgan fingerprint density at radius 2 is 2.06 bits per heavy atom. The normalized spacial score (nSPS) is 23.0. The van der Waals surface area contributed by atoms with E-state index in [1.807, 2.05) is 6.07 Å². The summed E-state index contributed by atoms with van der Waals surface area (Å²) in [5.74, 6) is 0.536. The van der Waals surface area contributed by atoms with Crippen molar-refractivity contribution in [2.75, 3.05) is 11.1 Å². The van der Waals surface area contributed by atoms with E-state index in [9.17, 15) is 0 Å². The molecule has 2 aromatic rings. The number of nitrogens with zero attached hydrogens (tertiary/aromatic N) is 2. The summed E-state index contributed by atoms with van der Waals surface area (Å²) in [6, 6.07) is 11.3. The third-order valence-electron chi connectivity index (χ3n) is 2.77. The smallest absolute Gasteiger partial charge is 0.317 e. The standard InChI is InChI=1S/C11H12N4O/c12-10-14-15-11(16-10)13-9-6-8(9)7-4-2-1-3-5-7/h1-5,8-9H,6H2,(H2,12,14)(H,13,15). The Kier molecular flexibility index (Phi) is 2.02. The first kappa shape index (κ1) is 9.21. The monoisotopic (exact) mass is 216 g/mol. The van der Waals surface area contributed by atoms with Gasteiger partial charge in [-0.3, -0.25) is 0 Å². The van der Waals surface area contributed by atoms with Crippen molar-refractivity contribution in [2.45, 2.75) is 18.4 Å². The number of hydrogen-bond acceptors (Lipinski definition) is 5. The van der Waals surface area contributed by atoms with Gasteiger partial charge in [0.1, 0.15) is 0 Å². The second-order valence-corrected chi connectivity index (χ2v) is 3.95. The maximum Gasteiger partial charge on any atom is 0.317 e. The minimum absolute atomic E-state index is 0.0967. The van der Waals surface area contributed by atoms with Crippen LogP contribution in [0.15, 0.2) is 34.7 Å². The summed E-state index contributed by atoms with van der Waals surface area (Å²) in [5, 5.41) is 10.5. The predicted octanol–water partition coefficient (Wildman–Crippen LogP) is 1.62. The van der Waals surface area contributed by atoms with Gasteiger partial charge in [0.25, 0.3) is 0 Å². The van der Waals surface area contributed by atoms with Crippen LogP contribution in [0, 0.1) is 0 Å². The topological polar surface area (TPSA) is 77.0 Å². The molecule has 1 heterocycles. The molecule has 1 aliphatic rings. The Labute approximate surface area is 92.7 Å². The molecular formula is C11H12N4O. The van der Waals surface area contributed by atoms with Gasteiger partial charge in [-0.25, -0.2) is 0 Å². The number of nitrogens with one attached hydrogen (secondary N) is 1. The average Bonchev–Trinajstić information content (AvgIpc) is 2.95. The molecule has 0 saturated heterocycles. The molecule has 3 rings (SSSR count). The first-order valence-corrected chi connectivity index (χ1v) is 5.23. The van der Waals surface area contributed by atoms with E-state index < -0.39 is 0 Å². The van der Waals surface area contributed by atoms with Gasteiger partial charge >= 0.3 is 12.0 Å². The highest BCUT2D eigenvalue weighted by Gasteiger charge is 2.39. The summed E-state index contributed by atoms with van der Waals surface area (Å²) in [5.41, 5.74) is 6.68. The molecule has 2 unspecified atom stereocenters. The van der Waals surface area contributed by atoms with E-state index in [1.165, 1.54) is 5.56 Å².